The van der Waals surface area contributed by atoms with E-state index in [4.69, 9.17) is 32.7 Å². The third kappa shape index (κ3) is 5.76. The zero-order valence-corrected chi connectivity index (χ0v) is 18.3. The van der Waals surface area contributed by atoms with E-state index in [2.05, 4.69) is 17.1 Å². The van der Waals surface area contributed by atoms with Gasteiger partial charge in [-0.15, -0.1) is 0 Å². The van der Waals surface area contributed by atoms with Crippen LogP contribution >= 0.6 is 23.2 Å². The highest BCUT2D eigenvalue weighted by Crippen LogP contribution is 2.34. The van der Waals surface area contributed by atoms with Crippen molar-refractivity contribution in [2.45, 2.75) is 39.0 Å². The topological polar surface area (TPSA) is 33.7 Å². The van der Waals surface area contributed by atoms with E-state index >= 15 is 0 Å². The average molecular weight is 441 g/mol. The zero-order valence-electron chi connectivity index (χ0n) is 16.8. The summed E-state index contributed by atoms with van der Waals surface area (Å²) in [6.07, 6.45) is 2.50. The van der Waals surface area contributed by atoms with Crippen molar-refractivity contribution in [1.29, 1.82) is 0 Å². The Kier molecular flexibility index (Phi) is 8.01. The highest BCUT2D eigenvalue weighted by atomic mass is 35.5. The largest absolute Gasteiger partial charge is 0.493 e. The molecule has 4 nitrogen and oxygen atoms in total. The van der Waals surface area contributed by atoms with Gasteiger partial charge in [-0.1, -0.05) is 36.2 Å². The van der Waals surface area contributed by atoms with E-state index in [0.717, 1.165) is 18.7 Å². The summed E-state index contributed by atoms with van der Waals surface area (Å²) in [4.78, 5) is 2.51. The van der Waals surface area contributed by atoms with Gasteiger partial charge in [0, 0.05) is 35.8 Å². The van der Waals surface area contributed by atoms with Gasteiger partial charge < -0.3 is 14.8 Å². The number of nitrogens with zero attached hydrogens (tertiary/aromatic N) is 1. The number of hydrogen-bond donors (Lipinski definition) is 1. The number of likely N-dealkylation sites (tertiary alicyclic amines) is 1. The number of nitrogens with one attached hydrogen (secondary N) is 1. The quantitative estimate of drug-likeness (QED) is 0.573. The Morgan fingerprint density at radius 3 is 2.66 bits per heavy atom. The second kappa shape index (κ2) is 10.5. The van der Waals surface area contributed by atoms with Crippen molar-refractivity contribution in [3.8, 4) is 11.5 Å². The number of methoxy groups -OCH3 is 1. The molecule has 1 fully saturated rings. The molecule has 3 rings (SSSR count). The molecule has 1 atom stereocenters. The van der Waals surface area contributed by atoms with Crippen LogP contribution in [0.1, 0.15) is 30.9 Å². The van der Waals surface area contributed by atoms with E-state index in [1.54, 1.807) is 19.2 Å². The van der Waals surface area contributed by atoms with Crippen LogP contribution < -0.4 is 14.8 Å². The first-order chi connectivity index (χ1) is 14.0. The van der Waals surface area contributed by atoms with Crippen molar-refractivity contribution in [2.75, 3.05) is 26.7 Å². The van der Waals surface area contributed by atoms with E-state index in [1.807, 2.05) is 6.07 Å². The van der Waals surface area contributed by atoms with Gasteiger partial charge in [0.05, 0.1) is 12.1 Å². The van der Waals surface area contributed by atoms with E-state index in [1.165, 1.54) is 31.5 Å². The van der Waals surface area contributed by atoms with Crippen molar-refractivity contribution < 1.29 is 13.9 Å². The molecule has 0 saturated carbocycles. The lowest BCUT2D eigenvalue weighted by Crippen LogP contribution is -2.37. The third-order valence-corrected chi connectivity index (χ3v) is 6.04. The summed E-state index contributed by atoms with van der Waals surface area (Å²) in [5, 5.41) is 4.45. The van der Waals surface area contributed by atoms with Crippen LogP contribution in [-0.2, 0) is 13.2 Å². The van der Waals surface area contributed by atoms with Gasteiger partial charge in [0.15, 0.2) is 11.5 Å². The minimum Gasteiger partial charge on any atom is -0.493 e. The molecule has 0 aromatic heterocycles. The summed E-state index contributed by atoms with van der Waals surface area (Å²) in [5.41, 5.74) is 1.64. The first kappa shape index (κ1) is 22.2. The molecule has 2 aromatic carbocycles. The maximum atomic E-state index is 13.2. The van der Waals surface area contributed by atoms with Crippen LogP contribution in [0.4, 0.5) is 4.39 Å². The summed E-state index contributed by atoms with van der Waals surface area (Å²) in [7, 11) is 1.59. The first-order valence-corrected chi connectivity index (χ1v) is 10.6. The molecule has 0 bridgehead atoms. The van der Waals surface area contributed by atoms with E-state index < -0.39 is 0 Å². The number of rotatable bonds is 9. The molecule has 7 heteroatoms. The van der Waals surface area contributed by atoms with Gasteiger partial charge >= 0.3 is 0 Å². The molecule has 158 valence electrons. The Balaban J connectivity index is 1.62. The minimum atomic E-state index is -0.379. The second-order valence-corrected chi connectivity index (χ2v) is 7.99. The second-order valence-electron chi connectivity index (χ2n) is 7.17. The molecule has 1 heterocycles. The molecule has 1 unspecified atom stereocenters. The predicted molar refractivity (Wildman–Crippen MR) is 116 cm³/mol. The van der Waals surface area contributed by atoms with Gasteiger partial charge in [0.25, 0.3) is 0 Å². The zero-order chi connectivity index (χ0) is 20.8. The van der Waals surface area contributed by atoms with Gasteiger partial charge in [-0.3, -0.25) is 4.90 Å². The Bertz CT molecular complexity index is 835. The SMILES string of the molecule is CCN1CCCC1CNCc1cc(OC)c(OCc2ccc(F)cc2Cl)cc1Cl. The van der Waals surface area contributed by atoms with Crippen LogP contribution in [0.5, 0.6) is 11.5 Å². The lowest BCUT2D eigenvalue weighted by atomic mass is 10.1. The van der Waals surface area contributed by atoms with Gasteiger partial charge in [-0.25, -0.2) is 4.39 Å². The summed E-state index contributed by atoms with van der Waals surface area (Å²) in [6.45, 7) is 6.27. The van der Waals surface area contributed by atoms with E-state index in [0.29, 0.717) is 39.7 Å². The minimum absolute atomic E-state index is 0.192. The van der Waals surface area contributed by atoms with Crippen LogP contribution in [0, 0.1) is 5.82 Å². The Hall–Kier alpha value is -1.53. The molecule has 1 aliphatic heterocycles. The molecule has 2 aromatic rings. The molecular weight excluding hydrogens is 414 g/mol. The fourth-order valence-corrected chi connectivity index (χ4v) is 4.14. The molecular formula is C22H27Cl2FN2O2. The van der Waals surface area contributed by atoms with Crippen molar-refractivity contribution in [3.05, 3.63) is 57.3 Å². The predicted octanol–water partition coefficient (Wildman–Crippen LogP) is 5.29. The summed E-state index contributed by atoms with van der Waals surface area (Å²) >= 11 is 12.6. The van der Waals surface area contributed by atoms with Crippen molar-refractivity contribution in [1.82, 2.24) is 10.2 Å². The maximum absolute atomic E-state index is 13.2. The Morgan fingerprint density at radius 1 is 1.14 bits per heavy atom. The summed E-state index contributed by atoms with van der Waals surface area (Å²) < 4.78 is 24.5. The van der Waals surface area contributed by atoms with Gasteiger partial charge in [0.2, 0.25) is 0 Å². The van der Waals surface area contributed by atoms with Crippen LogP contribution in [0.15, 0.2) is 30.3 Å². The number of benzene rings is 2. The molecule has 1 saturated heterocycles. The van der Waals surface area contributed by atoms with Gasteiger partial charge in [0.1, 0.15) is 12.4 Å². The standard InChI is InChI=1S/C22H27Cl2FN2O2/c1-3-27-8-4-5-18(27)13-26-12-16-9-21(28-2)22(11-20(16)24)29-14-15-6-7-17(25)10-19(15)23/h6-7,9-11,18,26H,3-5,8,12-14H2,1-2H3. The molecule has 0 spiro atoms. The van der Waals surface area contributed by atoms with Crippen molar-refractivity contribution >= 4 is 23.2 Å². The maximum Gasteiger partial charge on any atom is 0.163 e. The van der Waals surface area contributed by atoms with Crippen molar-refractivity contribution in [3.63, 3.8) is 0 Å². The molecule has 1 aliphatic rings. The highest BCUT2D eigenvalue weighted by molar-refractivity contribution is 6.31. The molecule has 0 radical (unpaired) electrons. The molecule has 29 heavy (non-hydrogen) atoms. The van der Waals surface area contributed by atoms with Crippen LogP contribution in [0.2, 0.25) is 10.0 Å². The lowest BCUT2D eigenvalue weighted by molar-refractivity contribution is 0.260. The number of halogens is 3. The average Bonchev–Trinajstić information content (AvgIpc) is 3.16. The lowest BCUT2D eigenvalue weighted by Gasteiger charge is -2.23. The van der Waals surface area contributed by atoms with Crippen LogP contribution in [0.3, 0.4) is 0 Å². The van der Waals surface area contributed by atoms with Crippen LogP contribution in [-0.4, -0.2) is 37.7 Å². The van der Waals surface area contributed by atoms with Crippen molar-refractivity contribution in [2.24, 2.45) is 0 Å². The number of ether oxygens (including phenoxy) is 2. The fraction of sp³-hybridized carbons (Fsp3) is 0.455. The molecule has 1 N–H and O–H groups in total. The highest BCUT2D eigenvalue weighted by Gasteiger charge is 2.22. The fourth-order valence-electron chi connectivity index (χ4n) is 3.70. The smallest absolute Gasteiger partial charge is 0.163 e. The molecule has 0 aliphatic carbocycles. The Labute approximate surface area is 181 Å². The van der Waals surface area contributed by atoms with Gasteiger partial charge in [-0.05, 0) is 49.7 Å². The van der Waals surface area contributed by atoms with E-state index in [9.17, 15) is 4.39 Å². The number of likely N-dealkylation sites (N-methyl/N-ethyl adjacent to an activating group) is 1. The molecule has 0 amide bonds. The van der Waals surface area contributed by atoms with E-state index in [-0.39, 0.29) is 12.4 Å². The third-order valence-electron chi connectivity index (χ3n) is 5.33. The number of hydrogen-bond acceptors (Lipinski definition) is 4. The monoisotopic (exact) mass is 440 g/mol. The Morgan fingerprint density at radius 2 is 1.93 bits per heavy atom. The normalized spacial score (nSPS) is 16.9. The van der Waals surface area contributed by atoms with Crippen LogP contribution in [0.25, 0.3) is 0 Å². The van der Waals surface area contributed by atoms with Gasteiger partial charge in [-0.2, -0.15) is 0 Å². The first-order valence-electron chi connectivity index (χ1n) is 9.89. The summed E-state index contributed by atoms with van der Waals surface area (Å²) in [6, 6.07) is 8.46. The summed E-state index contributed by atoms with van der Waals surface area (Å²) in [5.74, 6) is 0.742.